The number of amides is 3. The van der Waals surface area contributed by atoms with Gasteiger partial charge in [0.15, 0.2) is 0 Å². The smallest absolute Gasteiger partial charge is 0.342 e. The van der Waals surface area contributed by atoms with Gasteiger partial charge >= 0.3 is 6.18 Å². The molecule has 0 radical (unpaired) electrons. The Hall–Kier alpha value is -5.00. The number of likely N-dealkylation sites (N-methyl/N-ethyl adjacent to an activating group) is 1. The van der Waals surface area contributed by atoms with Crippen LogP contribution >= 0.6 is 0 Å². The Bertz CT molecular complexity index is 1650. The van der Waals surface area contributed by atoms with Crippen LogP contribution in [0.5, 0.6) is 0 Å². The zero-order valence-corrected chi connectivity index (χ0v) is 23.2. The molecule has 3 amide bonds. The SMILES string of the molecule is CCN1C(=O)C(NC(=O)c2cccc(C(F)(F)F)c2)C(c2ccc(F)cc2)c2c(CN(C)C=O)nn(-c3ccccc3)c21. The van der Waals surface area contributed by atoms with Crippen molar-refractivity contribution in [1.82, 2.24) is 20.0 Å². The lowest BCUT2D eigenvalue weighted by Crippen LogP contribution is -2.55. The number of hydrogen-bond acceptors (Lipinski definition) is 4. The molecule has 8 nitrogen and oxygen atoms in total. The molecule has 0 bridgehead atoms. The Balaban J connectivity index is 1.71. The second-order valence-electron chi connectivity index (χ2n) is 10.1. The van der Waals surface area contributed by atoms with E-state index in [1.165, 1.54) is 40.1 Å². The predicted molar refractivity (Wildman–Crippen MR) is 150 cm³/mol. The number of carbonyl (C=O) groups is 3. The average Bonchev–Trinajstić information content (AvgIpc) is 3.36. The summed E-state index contributed by atoms with van der Waals surface area (Å²) in [6.45, 7) is 1.95. The minimum absolute atomic E-state index is 0.0450. The van der Waals surface area contributed by atoms with Crippen molar-refractivity contribution in [1.29, 1.82) is 0 Å². The molecule has 1 N–H and O–H groups in total. The van der Waals surface area contributed by atoms with Crippen LogP contribution in [-0.2, 0) is 22.3 Å². The molecule has 0 aliphatic carbocycles. The van der Waals surface area contributed by atoms with Gasteiger partial charge in [-0.15, -0.1) is 0 Å². The lowest BCUT2D eigenvalue weighted by molar-refractivity contribution is -0.137. The van der Waals surface area contributed by atoms with E-state index in [4.69, 9.17) is 5.10 Å². The van der Waals surface area contributed by atoms with Crippen molar-refractivity contribution in [3.8, 4) is 5.69 Å². The minimum Gasteiger partial charge on any atom is -0.342 e. The van der Waals surface area contributed by atoms with Gasteiger partial charge in [-0.2, -0.15) is 18.3 Å². The number of anilines is 1. The summed E-state index contributed by atoms with van der Waals surface area (Å²) < 4.78 is 55.8. The Labute approximate surface area is 244 Å². The minimum atomic E-state index is -4.67. The number of alkyl halides is 3. The molecule has 0 saturated carbocycles. The summed E-state index contributed by atoms with van der Waals surface area (Å²) in [5, 5.41) is 7.46. The molecule has 2 heterocycles. The van der Waals surface area contributed by atoms with Crippen LogP contribution in [0.1, 0.15) is 45.6 Å². The molecule has 222 valence electrons. The summed E-state index contributed by atoms with van der Waals surface area (Å²) >= 11 is 0. The van der Waals surface area contributed by atoms with Crippen LogP contribution in [0.15, 0.2) is 78.9 Å². The molecule has 0 fully saturated rings. The Morgan fingerprint density at radius 2 is 1.74 bits per heavy atom. The lowest BCUT2D eigenvalue weighted by atomic mass is 9.80. The quantitative estimate of drug-likeness (QED) is 0.232. The molecular weight excluding hydrogens is 566 g/mol. The van der Waals surface area contributed by atoms with E-state index >= 15 is 0 Å². The van der Waals surface area contributed by atoms with E-state index in [0.717, 1.165) is 18.2 Å². The van der Waals surface area contributed by atoms with Gasteiger partial charge in [-0.3, -0.25) is 19.3 Å². The lowest BCUT2D eigenvalue weighted by Gasteiger charge is -2.38. The van der Waals surface area contributed by atoms with Crippen LogP contribution in [0.3, 0.4) is 0 Å². The average molecular weight is 594 g/mol. The fourth-order valence-corrected chi connectivity index (χ4v) is 5.31. The van der Waals surface area contributed by atoms with Gasteiger partial charge in [0.2, 0.25) is 6.41 Å². The Morgan fingerprint density at radius 3 is 2.37 bits per heavy atom. The number of halogens is 4. The molecule has 0 spiro atoms. The first-order valence-corrected chi connectivity index (χ1v) is 13.4. The van der Waals surface area contributed by atoms with Gasteiger partial charge in [0.05, 0.1) is 23.5 Å². The summed E-state index contributed by atoms with van der Waals surface area (Å²) in [6.07, 6.45) is -4.05. The third-order valence-corrected chi connectivity index (χ3v) is 7.27. The summed E-state index contributed by atoms with van der Waals surface area (Å²) in [6, 6.07) is 17.0. The van der Waals surface area contributed by atoms with Gasteiger partial charge < -0.3 is 10.2 Å². The van der Waals surface area contributed by atoms with Crippen molar-refractivity contribution in [2.75, 3.05) is 18.5 Å². The van der Waals surface area contributed by atoms with Crippen molar-refractivity contribution < 1.29 is 31.9 Å². The first kappa shape index (κ1) is 29.5. The molecule has 1 aliphatic heterocycles. The van der Waals surface area contributed by atoms with E-state index in [0.29, 0.717) is 34.7 Å². The zero-order valence-electron chi connectivity index (χ0n) is 23.2. The van der Waals surface area contributed by atoms with Crippen LogP contribution < -0.4 is 10.2 Å². The number of hydrogen-bond donors (Lipinski definition) is 1. The maximum absolute atomic E-state index is 14.2. The van der Waals surface area contributed by atoms with Gasteiger partial charge in [0.25, 0.3) is 11.8 Å². The van der Waals surface area contributed by atoms with Gasteiger partial charge in [0.1, 0.15) is 17.7 Å². The van der Waals surface area contributed by atoms with Crippen molar-refractivity contribution in [2.24, 2.45) is 0 Å². The van der Waals surface area contributed by atoms with Crippen LogP contribution in [0.4, 0.5) is 23.4 Å². The van der Waals surface area contributed by atoms with Crippen molar-refractivity contribution >= 4 is 24.0 Å². The topological polar surface area (TPSA) is 87.5 Å². The second-order valence-corrected chi connectivity index (χ2v) is 10.1. The molecule has 4 aromatic rings. The summed E-state index contributed by atoms with van der Waals surface area (Å²) in [4.78, 5) is 42.0. The van der Waals surface area contributed by atoms with Gasteiger partial charge in [-0.05, 0) is 55.0 Å². The molecule has 12 heteroatoms. The second kappa shape index (κ2) is 11.7. The van der Waals surface area contributed by atoms with Gasteiger partial charge in [-0.1, -0.05) is 36.4 Å². The van der Waals surface area contributed by atoms with E-state index in [-0.39, 0.29) is 18.7 Å². The van der Waals surface area contributed by atoms with Crippen molar-refractivity contribution in [3.63, 3.8) is 0 Å². The highest BCUT2D eigenvalue weighted by atomic mass is 19.4. The Kier molecular flexibility index (Phi) is 8.03. The molecule has 5 rings (SSSR count). The van der Waals surface area contributed by atoms with E-state index < -0.39 is 41.3 Å². The normalized spacial score (nSPS) is 16.5. The maximum atomic E-state index is 14.2. The molecule has 2 unspecified atom stereocenters. The van der Waals surface area contributed by atoms with Crippen LogP contribution in [0.25, 0.3) is 5.69 Å². The monoisotopic (exact) mass is 593 g/mol. The number of rotatable bonds is 8. The molecule has 43 heavy (non-hydrogen) atoms. The molecule has 3 aromatic carbocycles. The molecule has 1 aromatic heterocycles. The summed E-state index contributed by atoms with van der Waals surface area (Å²) in [5.41, 5.74) is 0.742. The first-order chi connectivity index (χ1) is 20.5. The van der Waals surface area contributed by atoms with Gasteiger partial charge in [-0.25, -0.2) is 9.07 Å². The third kappa shape index (κ3) is 5.72. The number of nitrogens with zero attached hydrogens (tertiary/aromatic N) is 4. The highest BCUT2D eigenvalue weighted by Gasteiger charge is 2.46. The fourth-order valence-electron chi connectivity index (χ4n) is 5.31. The Morgan fingerprint density at radius 1 is 1.05 bits per heavy atom. The molecular formula is C31H27F4N5O3. The van der Waals surface area contributed by atoms with E-state index in [9.17, 15) is 31.9 Å². The van der Waals surface area contributed by atoms with Gasteiger partial charge in [0, 0.05) is 30.6 Å². The predicted octanol–water partition coefficient (Wildman–Crippen LogP) is 4.92. The van der Waals surface area contributed by atoms with E-state index in [1.807, 2.05) is 6.07 Å². The molecule has 1 aliphatic rings. The summed E-state index contributed by atoms with van der Waals surface area (Å²) in [5.74, 6) is -2.46. The molecule has 2 atom stereocenters. The van der Waals surface area contributed by atoms with Crippen LogP contribution in [0, 0.1) is 5.82 Å². The van der Waals surface area contributed by atoms with Crippen LogP contribution in [-0.4, -0.2) is 52.5 Å². The van der Waals surface area contributed by atoms with Crippen molar-refractivity contribution in [2.45, 2.75) is 31.6 Å². The first-order valence-electron chi connectivity index (χ1n) is 13.4. The highest BCUT2D eigenvalue weighted by molar-refractivity contribution is 6.05. The maximum Gasteiger partial charge on any atom is 0.416 e. The summed E-state index contributed by atoms with van der Waals surface area (Å²) in [7, 11) is 1.56. The zero-order chi connectivity index (χ0) is 30.9. The third-order valence-electron chi connectivity index (χ3n) is 7.27. The highest BCUT2D eigenvalue weighted by Crippen LogP contribution is 2.44. The number of nitrogens with one attached hydrogen (secondary N) is 1. The number of benzene rings is 3. The number of carbonyl (C=O) groups excluding carboxylic acids is 3. The molecule has 0 saturated heterocycles. The number of aromatic nitrogens is 2. The van der Waals surface area contributed by atoms with Crippen molar-refractivity contribution in [3.05, 3.63) is 113 Å². The number of para-hydroxylation sites is 1. The van der Waals surface area contributed by atoms with Crippen LogP contribution in [0.2, 0.25) is 0 Å². The fraction of sp³-hybridized carbons (Fsp3) is 0.226. The number of fused-ring (bicyclic) bond motifs is 1. The largest absolute Gasteiger partial charge is 0.416 e. The van der Waals surface area contributed by atoms with E-state index in [1.54, 1.807) is 42.9 Å². The standard InChI is InChI=1S/C31H27F4N5O3/c1-3-39-29-26(24(17-38(2)18-41)37-40(29)23-10-5-4-6-11-23)25(19-12-14-22(32)15-13-19)27(30(39)43)36-28(42)20-8-7-9-21(16-20)31(33,34)35/h4-16,18,25,27H,3,17H2,1-2H3,(H,36,42). The van der Waals surface area contributed by atoms with E-state index in [2.05, 4.69) is 5.32 Å².